The van der Waals surface area contributed by atoms with Crippen molar-refractivity contribution in [1.29, 1.82) is 0 Å². The smallest absolute Gasteiger partial charge is 0.245 e. The summed E-state index contributed by atoms with van der Waals surface area (Å²) >= 11 is 1.36. The molecule has 0 saturated heterocycles. The lowest BCUT2D eigenvalue weighted by Gasteiger charge is -2.08. The van der Waals surface area contributed by atoms with Crippen LogP contribution in [0.2, 0.25) is 0 Å². The molecule has 134 valence electrons. The van der Waals surface area contributed by atoms with E-state index in [2.05, 4.69) is 27.4 Å². The van der Waals surface area contributed by atoms with Gasteiger partial charge in [-0.3, -0.25) is 9.78 Å². The Labute approximate surface area is 156 Å². The highest BCUT2D eigenvalue weighted by atomic mass is 32.1. The van der Waals surface area contributed by atoms with E-state index in [-0.39, 0.29) is 12.5 Å². The number of hydrogen-bond donors (Lipinski definition) is 2. The molecule has 0 saturated carbocycles. The third-order valence-electron chi connectivity index (χ3n) is 3.81. The molecule has 3 aromatic rings. The summed E-state index contributed by atoms with van der Waals surface area (Å²) < 4.78 is 4.89. The number of carbonyl (C=O) groups is 1. The molecule has 6 nitrogen and oxygen atoms in total. The average molecular weight is 368 g/mol. The minimum absolute atomic E-state index is 0.164. The summed E-state index contributed by atoms with van der Waals surface area (Å²) in [5.41, 5.74) is 10.7. The number of ether oxygens (including phenoxy) is 1. The Hall–Kier alpha value is -2.61. The quantitative estimate of drug-likeness (QED) is 0.698. The molecular weight excluding hydrogens is 348 g/mol. The predicted octanol–water partition coefficient (Wildman–Crippen LogP) is 3.09. The summed E-state index contributed by atoms with van der Waals surface area (Å²) in [5.74, 6) is -0.311. The van der Waals surface area contributed by atoms with E-state index in [1.165, 1.54) is 18.4 Å². The zero-order valence-electron chi connectivity index (χ0n) is 14.6. The number of aromatic nitrogens is 2. The maximum Gasteiger partial charge on any atom is 0.245 e. The highest BCUT2D eigenvalue weighted by Gasteiger charge is 2.15. The molecule has 3 rings (SSSR count). The molecule has 2 heterocycles. The molecular formula is C19H20N4O2S. The fraction of sp³-hybridized carbons (Fsp3) is 0.211. The van der Waals surface area contributed by atoms with Gasteiger partial charge in [0.15, 0.2) is 5.13 Å². The van der Waals surface area contributed by atoms with Crippen LogP contribution in [0.4, 0.5) is 5.13 Å². The van der Waals surface area contributed by atoms with Crippen LogP contribution in [0.5, 0.6) is 0 Å². The molecule has 1 unspecified atom stereocenters. The van der Waals surface area contributed by atoms with Gasteiger partial charge in [-0.05, 0) is 36.2 Å². The van der Waals surface area contributed by atoms with E-state index in [0.29, 0.717) is 5.13 Å². The lowest BCUT2D eigenvalue weighted by Crippen LogP contribution is -2.39. The Bertz CT molecular complexity index is 910. The van der Waals surface area contributed by atoms with Gasteiger partial charge in [0.25, 0.3) is 0 Å². The van der Waals surface area contributed by atoms with Gasteiger partial charge in [-0.1, -0.05) is 18.2 Å². The lowest BCUT2D eigenvalue weighted by atomic mass is 10.0. The first-order valence-corrected chi connectivity index (χ1v) is 8.99. The van der Waals surface area contributed by atoms with E-state index in [9.17, 15) is 4.79 Å². The van der Waals surface area contributed by atoms with E-state index in [1.54, 1.807) is 6.20 Å². The van der Waals surface area contributed by atoms with Crippen molar-refractivity contribution in [3.63, 3.8) is 0 Å². The lowest BCUT2D eigenvalue weighted by molar-refractivity contribution is -0.118. The molecule has 1 aromatic carbocycles. The van der Waals surface area contributed by atoms with E-state index in [1.807, 2.05) is 36.6 Å². The van der Waals surface area contributed by atoms with Crippen molar-refractivity contribution in [3.05, 3.63) is 53.7 Å². The van der Waals surface area contributed by atoms with Crippen LogP contribution in [0.15, 0.2) is 48.0 Å². The minimum atomic E-state index is -0.717. The number of hydrogen-bond acceptors (Lipinski definition) is 6. The van der Waals surface area contributed by atoms with Crippen molar-refractivity contribution in [3.8, 4) is 22.4 Å². The number of nitrogens with zero attached hydrogens (tertiary/aromatic N) is 2. The van der Waals surface area contributed by atoms with Crippen molar-refractivity contribution in [2.24, 2.45) is 5.73 Å². The number of carbonyl (C=O) groups excluding carboxylic acids is 1. The van der Waals surface area contributed by atoms with Crippen LogP contribution in [0.1, 0.15) is 5.69 Å². The summed E-state index contributed by atoms with van der Waals surface area (Å²) in [4.78, 5) is 20.7. The molecule has 2 aromatic heterocycles. The molecule has 1 amide bonds. The minimum Gasteiger partial charge on any atom is -0.383 e. The first-order chi connectivity index (χ1) is 12.6. The molecule has 0 aliphatic heterocycles. The fourth-order valence-electron chi connectivity index (χ4n) is 2.50. The van der Waals surface area contributed by atoms with Gasteiger partial charge in [-0.25, -0.2) is 4.98 Å². The summed E-state index contributed by atoms with van der Waals surface area (Å²) in [6, 6.07) is 11.4. The summed E-state index contributed by atoms with van der Waals surface area (Å²) in [6.45, 7) is 2.13. The summed E-state index contributed by atoms with van der Waals surface area (Å²) in [7, 11) is 1.51. The number of rotatable bonds is 6. The van der Waals surface area contributed by atoms with E-state index >= 15 is 0 Å². The first-order valence-electron chi connectivity index (χ1n) is 8.11. The molecule has 26 heavy (non-hydrogen) atoms. The van der Waals surface area contributed by atoms with E-state index < -0.39 is 6.04 Å². The standard InChI is InChI=1S/C19H20N4O2S/c1-12-8-14(6-7-21-12)13-4-3-5-15(9-13)17-11-26-19(22-17)23-18(24)16(20)10-25-2/h3-9,11,16H,10,20H2,1-2H3,(H,22,23,24). The van der Waals surface area contributed by atoms with Crippen LogP contribution in [0, 0.1) is 6.92 Å². The van der Waals surface area contributed by atoms with Gasteiger partial charge in [0, 0.05) is 29.9 Å². The van der Waals surface area contributed by atoms with Gasteiger partial charge >= 0.3 is 0 Å². The summed E-state index contributed by atoms with van der Waals surface area (Å²) in [5, 5.41) is 5.15. The van der Waals surface area contributed by atoms with E-state index in [4.69, 9.17) is 10.5 Å². The van der Waals surface area contributed by atoms with Crippen LogP contribution >= 0.6 is 11.3 Å². The average Bonchev–Trinajstić information content (AvgIpc) is 3.10. The number of amides is 1. The van der Waals surface area contributed by atoms with Gasteiger partial charge in [0.2, 0.25) is 5.91 Å². The molecule has 7 heteroatoms. The number of benzene rings is 1. The number of thiazole rings is 1. The van der Waals surface area contributed by atoms with E-state index in [0.717, 1.165) is 28.1 Å². The predicted molar refractivity (Wildman–Crippen MR) is 104 cm³/mol. The second kappa shape index (κ2) is 8.18. The normalized spacial score (nSPS) is 12.0. The Balaban J connectivity index is 1.79. The largest absolute Gasteiger partial charge is 0.383 e. The van der Waals surface area contributed by atoms with Crippen LogP contribution in [0.3, 0.4) is 0 Å². The van der Waals surface area contributed by atoms with Crippen molar-refractivity contribution < 1.29 is 9.53 Å². The fourth-order valence-corrected chi connectivity index (χ4v) is 3.22. The number of methoxy groups -OCH3 is 1. The summed E-state index contributed by atoms with van der Waals surface area (Å²) in [6.07, 6.45) is 1.80. The maximum atomic E-state index is 12.0. The topological polar surface area (TPSA) is 90.1 Å². The molecule has 0 fully saturated rings. The third kappa shape index (κ3) is 4.32. The SMILES string of the molecule is COCC(N)C(=O)Nc1nc(-c2cccc(-c3ccnc(C)c3)c2)cs1. The Morgan fingerprint density at radius 3 is 2.81 bits per heavy atom. The van der Waals surface area contributed by atoms with Crippen LogP contribution in [0.25, 0.3) is 22.4 Å². The maximum absolute atomic E-state index is 12.0. The number of anilines is 1. The van der Waals surface area contributed by atoms with Crippen molar-refractivity contribution >= 4 is 22.4 Å². The van der Waals surface area contributed by atoms with Gasteiger partial charge in [0.05, 0.1) is 12.3 Å². The second-order valence-corrected chi connectivity index (χ2v) is 6.71. The van der Waals surface area contributed by atoms with Gasteiger partial charge in [0.1, 0.15) is 6.04 Å². The highest BCUT2D eigenvalue weighted by molar-refractivity contribution is 7.14. The molecule has 0 spiro atoms. The Morgan fingerprint density at radius 1 is 1.27 bits per heavy atom. The first kappa shape index (κ1) is 18.2. The van der Waals surface area contributed by atoms with Gasteiger partial charge in [-0.2, -0.15) is 0 Å². The monoisotopic (exact) mass is 368 g/mol. The Kier molecular flexibility index (Phi) is 5.72. The zero-order chi connectivity index (χ0) is 18.5. The Morgan fingerprint density at radius 2 is 2.04 bits per heavy atom. The number of nitrogens with one attached hydrogen (secondary N) is 1. The molecule has 0 bridgehead atoms. The second-order valence-electron chi connectivity index (χ2n) is 5.86. The van der Waals surface area contributed by atoms with Crippen LogP contribution in [-0.2, 0) is 9.53 Å². The van der Waals surface area contributed by atoms with Crippen LogP contribution in [-0.4, -0.2) is 35.6 Å². The number of nitrogens with two attached hydrogens (primary N) is 1. The molecule has 0 aliphatic carbocycles. The third-order valence-corrected chi connectivity index (χ3v) is 4.56. The number of pyridine rings is 1. The highest BCUT2D eigenvalue weighted by Crippen LogP contribution is 2.29. The van der Waals surface area contributed by atoms with Crippen LogP contribution < -0.4 is 11.1 Å². The van der Waals surface area contributed by atoms with Gasteiger partial charge < -0.3 is 15.8 Å². The zero-order valence-corrected chi connectivity index (χ0v) is 15.4. The molecule has 1 atom stereocenters. The van der Waals surface area contributed by atoms with Crippen molar-refractivity contribution in [1.82, 2.24) is 9.97 Å². The molecule has 0 aliphatic rings. The number of aryl methyl sites for hydroxylation is 1. The van der Waals surface area contributed by atoms with Gasteiger partial charge in [-0.15, -0.1) is 11.3 Å². The molecule has 0 radical (unpaired) electrons. The molecule has 3 N–H and O–H groups in total. The van der Waals surface area contributed by atoms with Crippen molar-refractivity contribution in [2.45, 2.75) is 13.0 Å². The van der Waals surface area contributed by atoms with Crippen molar-refractivity contribution in [2.75, 3.05) is 19.0 Å².